The van der Waals surface area contributed by atoms with E-state index in [1.807, 2.05) is 42.7 Å². The van der Waals surface area contributed by atoms with E-state index in [1.54, 1.807) is 23.1 Å². The van der Waals surface area contributed by atoms with Gasteiger partial charge in [-0.2, -0.15) is 4.99 Å². The van der Waals surface area contributed by atoms with E-state index in [0.717, 1.165) is 26.5 Å². The van der Waals surface area contributed by atoms with Gasteiger partial charge >= 0.3 is 0 Å². The maximum atomic E-state index is 12.6. The third-order valence-electron chi connectivity index (χ3n) is 3.44. The molecular formula is C17H16N2OS2. The number of thiazole rings is 1. The Balaban J connectivity index is 2.14. The highest BCUT2D eigenvalue weighted by atomic mass is 32.2. The molecule has 5 heteroatoms. The lowest BCUT2D eigenvalue weighted by Gasteiger charge is -2.03. The average Bonchev–Trinajstić information content (AvgIpc) is 2.91. The van der Waals surface area contributed by atoms with Crippen LogP contribution in [-0.2, 0) is 6.54 Å². The quantitative estimate of drug-likeness (QED) is 0.676. The Hall–Kier alpha value is -1.85. The number of rotatable bonds is 3. The van der Waals surface area contributed by atoms with Crippen molar-refractivity contribution in [1.29, 1.82) is 0 Å². The van der Waals surface area contributed by atoms with Crippen LogP contribution in [0.3, 0.4) is 0 Å². The fraction of sp³-hybridized carbons (Fsp3) is 0.176. The number of aryl methyl sites for hydroxylation is 1. The summed E-state index contributed by atoms with van der Waals surface area (Å²) in [6.45, 7) is 2.86. The molecule has 0 bridgehead atoms. The second kappa shape index (κ2) is 6.50. The molecule has 3 rings (SSSR count). The molecule has 0 saturated carbocycles. The van der Waals surface area contributed by atoms with Gasteiger partial charge in [0, 0.05) is 11.4 Å². The number of amides is 1. The predicted octanol–water partition coefficient (Wildman–Crippen LogP) is 4.19. The van der Waals surface area contributed by atoms with Gasteiger partial charge in [0.2, 0.25) is 0 Å². The Kier molecular flexibility index (Phi) is 4.45. The van der Waals surface area contributed by atoms with E-state index in [-0.39, 0.29) is 5.91 Å². The van der Waals surface area contributed by atoms with Crippen molar-refractivity contribution in [2.45, 2.75) is 18.4 Å². The molecule has 3 nitrogen and oxygen atoms in total. The third-order valence-corrected chi connectivity index (χ3v) is 5.29. The lowest BCUT2D eigenvalue weighted by molar-refractivity contribution is 0.0995. The van der Waals surface area contributed by atoms with Crippen LogP contribution in [0, 0.1) is 0 Å². The van der Waals surface area contributed by atoms with Gasteiger partial charge in [-0.15, -0.1) is 11.8 Å². The lowest BCUT2D eigenvalue weighted by atomic mass is 10.2. The van der Waals surface area contributed by atoms with Crippen molar-refractivity contribution in [3.8, 4) is 0 Å². The molecule has 0 atom stereocenters. The number of aromatic nitrogens is 1. The zero-order valence-corrected chi connectivity index (χ0v) is 14.1. The first kappa shape index (κ1) is 15.1. The Bertz CT molecular complexity index is 893. The van der Waals surface area contributed by atoms with Crippen molar-refractivity contribution in [2.24, 2.45) is 4.99 Å². The van der Waals surface area contributed by atoms with Gasteiger partial charge in [-0.3, -0.25) is 4.79 Å². The van der Waals surface area contributed by atoms with Crippen LogP contribution in [0.15, 0.2) is 58.4 Å². The van der Waals surface area contributed by atoms with Crippen LogP contribution in [0.5, 0.6) is 0 Å². The van der Waals surface area contributed by atoms with Crippen molar-refractivity contribution in [1.82, 2.24) is 4.57 Å². The summed E-state index contributed by atoms with van der Waals surface area (Å²) in [4.78, 5) is 18.6. The molecule has 1 amide bonds. The molecule has 0 N–H and O–H groups in total. The normalized spacial score (nSPS) is 12.0. The van der Waals surface area contributed by atoms with Crippen LogP contribution in [-0.4, -0.2) is 16.7 Å². The van der Waals surface area contributed by atoms with E-state index in [0.29, 0.717) is 5.56 Å². The maximum absolute atomic E-state index is 12.6. The van der Waals surface area contributed by atoms with Gasteiger partial charge in [0.1, 0.15) is 0 Å². The number of carbonyl (C=O) groups is 1. The lowest BCUT2D eigenvalue weighted by Crippen LogP contribution is -2.16. The molecule has 3 aromatic rings. The fourth-order valence-corrected chi connectivity index (χ4v) is 4.06. The first-order valence-corrected chi connectivity index (χ1v) is 9.09. The van der Waals surface area contributed by atoms with E-state index < -0.39 is 0 Å². The van der Waals surface area contributed by atoms with Crippen LogP contribution < -0.4 is 4.80 Å². The van der Waals surface area contributed by atoms with Crippen LogP contribution in [0.1, 0.15) is 17.3 Å². The van der Waals surface area contributed by atoms with Gasteiger partial charge in [-0.25, -0.2) is 0 Å². The Labute approximate surface area is 137 Å². The zero-order chi connectivity index (χ0) is 15.5. The molecule has 0 spiro atoms. The van der Waals surface area contributed by atoms with Gasteiger partial charge in [0.25, 0.3) is 5.91 Å². The summed E-state index contributed by atoms with van der Waals surface area (Å²) < 4.78 is 3.23. The van der Waals surface area contributed by atoms with Gasteiger partial charge < -0.3 is 4.57 Å². The number of hydrogen-bond donors (Lipinski definition) is 0. The SMILES string of the molecule is CCn1c(=NC(=O)c2ccccc2SC)sc2ccccc21. The molecule has 0 aliphatic carbocycles. The molecule has 1 aromatic heterocycles. The molecule has 1 heterocycles. The molecule has 0 aliphatic heterocycles. The topological polar surface area (TPSA) is 34.4 Å². The highest BCUT2D eigenvalue weighted by Crippen LogP contribution is 2.21. The fourth-order valence-electron chi connectivity index (χ4n) is 2.38. The molecule has 112 valence electrons. The number of carbonyl (C=O) groups excluding carboxylic acids is 1. The van der Waals surface area contributed by atoms with Crippen molar-refractivity contribution in [3.63, 3.8) is 0 Å². The minimum absolute atomic E-state index is 0.182. The summed E-state index contributed by atoms with van der Waals surface area (Å²) in [5, 5.41) is 0. The van der Waals surface area contributed by atoms with Crippen molar-refractivity contribution < 1.29 is 4.79 Å². The highest BCUT2D eigenvalue weighted by molar-refractivity contribution is 7.98. The molecule has 0 saturated heterocycles. The highest BCUT2D eigenvalue weighted by Gasteiger charge is 2.11. The predicted molar refractivity (Wildman–Crippen MR) is 93.6 cm³/mol. The summed E-state index contributed by atoms with van der Waals surface area (Å²) in [6.07, 6.45) is 1.97. The number of para-hydroxylation sites is 1. The summed E-state index contributed by atoms with van der Waals surface area (Å²) in [6, 6.07) is 15.7. The Morgan fingerprint density at radius 2 is 1.91 bits per heavy atom. The second-order valence-electron chi connectivity index (χ2n) is 4.71. The van der Waals surface area contributed by atoms with E-state index in [2.05, 4.69) is 28.6 Å². The van der Waals surface area contributed by atoms with Crippen molar-refractivity contribution in [3.05, 3.63) is 58.9 Å². The summed E-state index contributed by atoms with van der Waals surface area (Å²) in [5.41, 5.74) is 1.79. The molecule has 0 fully saturated rings. The van der Waals surface area contributed by atoms with Gasteiger partial charge in [-0.1, -0.05) is 35.6 Å². The molecule has 0 unspecified atom stereocenters. The smallest absolute Gasteiger partial charge is 0.280 e. The molecule has 0 radical (unpaired) electrons. The Morgan fingerprint density at radius 3 is 2.68 bits per heavy atom. The minimum atomic E-state index is -0.182. The van der Waals surface area contributed by atoms with Crippen LogP contribution in [0.4, 0.5) is 0 Å². The second-order valence-corrected chi connectivity index (χ2v) is 6.57. The average molecular weight is 328 g/mol. The summed E-state index contributed by atoms with van der Waals surface area (Å²) in [7, 11) is 0. The third kappa shape index (κ3) is 2.74. The van der Waals surface area contributed by atoms with Crippen LogP contribution in [0.2, 0.25) is 0 Å². The summed E-state index contributed by atoms with van der Waals surface area (Å²) >= 11 is 3.12. The number of fused-ring (bicyclic) bond motifs is 1. The molecular weight excluding hydrogens is 312 g/mol. The van der Waals surface area contributed by atoms with Gasteiger partial charge in [0.05, 0.1) is 15.8 Å². The number of nitrogens with zero attached hydrogens (tertiary/aromatic N) is 2. The molecule has 0 aliphatic rings. The van der Waals surface area contributed by atoms with E-state index in [9.17, 15) is 4.79 Å². The number of hydrogen-bond acceptors (Lipinski definition) is 3. The first-order chi connectivity index (χ1) is 10.7. The Morgan fingerprint density at radius 1 is 1.18 bits per heavy atom. The summed E-state index contributed by atoms with van der Waals surface area (Å²) in [5.74, 6) is -0.182. The number of thioether (sulfide) groups is 1. The zero-order valence-electron chi connectivity index (χ0n) is 12.4. The van der Waals surface area contributed by atoms with E-state index in [1.165, 1.54) is 0 Å². The van der Waals surface area contributed by atoms with Gasteiger partial charge in [0.15, 0.2) is 4.80 Å². The number of benzene rings is 2. The minimum Gasteiger partial charge on any atom is -0.317 e. The largest absolute Gasteiger partial charge is 0.317 e. The van der Waals surface area contributed by atoms with E-state index in [4.69, 9.17) is 0 Å². The maximum Gasteiger partial charge on any atom is 0.280 e. The van der Waals surface area contributed by atoms with Crippen molar-refractivity contribution >= 4 is 39.2 Å². The van der Waals surface area contributed by atoms with Crippen LogP contribution >= 0.6 is 23.1 Å². The van der Waals surface area contributed by atoms with Gasteiger partial charge in [-0.05, 0) is 37.4 Å². The monoisotopic (exact) mass is 328 g/mol. The molecule has 2 aromatic carbocycles. The first-order valence-electron chi connectivity index (χ1n) is 7.05. The molecule has 22 heavy (non-hydrogen) atoms. The standard InChI is InChI=1S/C17H16N2OS2/c1-3-19-13-9-5-7-11-15(13)22-17(19)18-16(20)12-8-4-6-10-14(12)21-2/h4-11H,3H2,1-2H3. The van der Waals surface area contributed by atoms with E-state index >= 15 is 0 Å². The van der Waals surface area contributed by atoms with Crippen LogP contribution in [0.25, 0.3) is 10.2 Å². The van der Waals surface area contributed by atoms with Crippen molar-refractivity contribution in [2.75, 3.05) is 6.26 Å².